The first-order chi connectivity index (χ1) is 15.1. The molecular formula is C21H19N5O3S2. The van der Waals surface area contributed by atoms with Crippen molar-refractivity contribution in [3.63, 3.8) is 0 Å². The van der Waals surface area contributed by atoms with Gasteiger partial charge in [-0.1, -0.05) is 11.3 Å². The van der Waals surface area contributed by atoms with Gasteiger partial charge in [-0.2, -0.15) is 0 Å². The van der Waals surface area contributed by atoms with Crippen LogP contribution in [0.5, 0.6) is 0 Å². The molecule has 0 saturated heterocycles. The number of alkyl carbamates (subject to hydrolysis) is 1. The van der Waals surface area contributed by atoms with E-state index in [2.05, 4.69) is 25.6 Å². The predicted molar refractivity (Wildman–Crippen MR) is 122 cm³/mol. The van der Waals surface area contributed by atoms with Gasteiger partial charge in [0.25, 0.3) is 0 Å². The van der Waals surface area contributed by atoms with Crippen molar-refractivity contribution in [2.45, 2.75) is 44.2 Å². The predicted octanol–water partition coefficient (Wildman–Crippen LogP) is 4.08. The Morgan fingerprint density at radius 1 is 1.19 bits per heavy atom. The van der Waals surface area contributed by atoms with E-state index in [0.717, 1.165) is 57.6 Å². The number of ether oxygens (including phenoxy) is 1. The molecule has 1 saturated carbocycles. The highest BCUT2D eigenvalue weighted by Crippen LogP contribution is 2.39. The Morgan fingerprint density at radius 3 is 2.97 bits per heavy atom. The molecule has 0 bridgehead atoms. The molecule has 31 heavy (non-hydrogen) atoms. The van der Waals surface area contributed by atoms with Gasteiger partial charge in [-0.25, -0.2) is 14.8 Å². The minimum atomic E-state index is -0.304. The van der Waals surface area contributed by atoms with Crippen LogP contribution < -0.4 is 15.5 Å². The maximum atomic E-state index is 12.0. The lowest BCUT2D eigenvalue weighted by Crippen LogP contribution is -2.32. The van der Waals surface area contributed by atoms with Gasteiger partial charge in [-0.3, -0.25) is 4.79 Å². The monoisotopic (exact) mass is 453 g/mol. The number of H-pyrrole nitrogens is 1. The van der Waals surface area contributed by atoms with Crippen molar-refractivity contribution in [2.75, 3.05) is 5.32 Å². The summed E-state index contributed by atoms with van der Waals surface area (Å²) in [6.07, 6.45) is 5.55. The zero-order valence-corrected chi connectivity index (χ0v) is 18.1. The van der Waals surface area contributed by atoms with Crippen LogP contribution in [0.1, 0.15) is 29.7 Å². The third kappa shape index (κ3) is 3.66. The highest BCUT2D eigenvalue weighted by molar-refractivity contribution is 7.19. The molecule has 1 aromatic carbocycles. The fourth-order valence-electron chi connectivity index (χ4n) is 4.01. The molecule has 158 valence electrons. The van der Waals surface area contributed by atoms with Crippen LogP contribution in [-0.2, 0) is 17.6 Å². The summed E-state index contributed by atoms with van der Waals surface area (Å²) in [5.74, 6) is 0.760. The first-order valence-electron chi connectivity index (χ1n) is 10.2. The number of aromatic nitrogens is 3. The molecule has 3 aromatic heterocycles. The van der Waals surface area contributed by atoms with Crippen LogP contribution in [0.3, 0.4) is 0 Å². The molecule has 8 nitrogen and oxygen atoms in total. The maximum Gasteiger partial charge on any atom is 0.407 e. The smallest absolute Gasteiger partial charge is 0.407 e. The van der Waals surface area contributed by atoms with E-state index in [9.17, 15) is 9.59 Å². The largest absolute Gasteiger partial charge is 0.446 e. The van der Waals surface area contributed by atoms with E-state index in [1.54, 1.807) is 17.7 Å². The van der Waals surface area contributed by atoms with Crippen molar-refractivity contribution in [3.8, 4) is 0 Å². The van der Waals surface area contributed by atoms with Gasteiger partial charge in [0.2, 0.25) is 0 Å². The standard InChI is InChI=1S/C21H19N5O3S2/c27-20(25-10-1-2-10)29-12-4-5-13-15(8-12)30-19-17(13)18(22-9-23-19)24-11-3-6-14-16(7-11)31-21(28)26-14/h3,6-7,9-10,12H,1-2,4-5,8H2,(H,25,27)(H,26,28)(H,22,23,24). The molecule has 10 heteroatoms. The number of aromatic amines is 1. The Balaban J connectivity index is 1.27. The number of benzene rings is 1. The molecule has 3 heterocycles. The number of rotatable bonds is 4. The van der Waals surface area contributed by atoms with Gasteiger partial charge in [0, 0.05) is 23.0 Å². The van der Waals surface area contributed by atoms with E-state index in [1.165, 1.54) is 21.8 Å². The van der Waals surface area contributed by atoms with Crippen LogP contribution in [0.25, 0.3) is 20.4 Å². The number of thiophene rings is 1. The number of hydrogen-bond acceptors (Lipinski definition) is 8. The minimum absolute atomic E-state index is 0.0638. The molecule has 1 amide bonds. The number of carbonyl (C=O) groups is 1. The van der Waals surface area contributed by atoms with Crippen LogP contribution in [0.15, 0.2) is 29.3 Å². The SMILES string of the molecule is O=C(NC1CC1)OC1CCc2c(sc3ncnc(Nc4ccc5[nH]c(=O)sc5c4)c23)C1. The second kappa shape index (κ2) is 7.31. The summed E-state index contributed by atoms with van der Waals surface area (Å²) >= 11 is 2.83. The number of nitrogens with one attached hydrogen (secondary N) is 3. The average molecular weight is 454 g/mol. The molecule has 2 aliphatic rings. The highest BCUT2D eigenvalue weighted by atomic mass is 32.1. The molecule has 4 aromatic rings. The summed E-state index contributed by atoms with van der Waals surface area (Å²) in [4.78, 5) is 37.5. The van der Waals surface area contributed by atoms with Crippen LogP contribution in [0.2, 0.25) is 0 Å². The zero-order chi connectivity index (χ0) is 20.9. The lowest BCUT2D eigenvalue weighted by molar-refractivity contribution is 0.0899. The van der Waals surface area contributed by atoms with Crippen molar-refractivity contribution in [3.05, 3.63) is 44.6 Å². The Hall–Kier alpha value is -2.98. The molecule has 0 radical (unpaired) electrons. The molecule has 6 rings (SSSR count). The highest BCUT2D eigenvalue weighted by Gasteiger charge is 2.29. The summed E-state index contributed by atoms with van der Waals surface area (Å²) in [6.45, 7) is 0. The average Bonchev–Trinajstić information content (AvgIpc) is 3.34. The van der Waals surface area contributed by atoms with Crippen LogP contribution in [0, 0.1) is 0 Å². The number of amides is 1. The first kappa shape index (κ1) is 18.8. The minimum Gasteiger partial charge on any atom is -0.446 e. The number of thiazole rings is 1. The Morgan fingerprint density at radius 2 is 2.10 bits per heavy atom. The fourth-order valence-corrected chi connectivity index (χ4v) is 6.04. The van der Waals surface area contributed by atoms with Gasteiger partial charge in [0.15, 0.2) is 0 Å². The molecule has 1 unspecified atom stereocenters. The summed E-state index contributed by atoms with van der Waals surface area (Å²) in [5.41, 5.74) is 2.94. The van der Waals surface area contributed by atoms with Crippen molar-refractivity contribution in [1.82, 2.24) is 20.3 Å². The van der Waals surface area contributed by atoms with Crippen LogP contribution >= 0.6 is 22.7 Å². The number of hydrogen-bond donors (Lipinski definition) is 3. The lowest BCUT2D eigenvalue weighted by Gasteiger charge is -2.22. The molecule has 0 spiro atoms. The fraction of sp³-hybridized carbons (Fsp3) is 0.333. The molecule has 1 fully saturated rings. The molecule has 2 aliphatic carbocycles. The van der Waals surface area contributed by atoms with E-state index in [0.29, 0.717) is 12.5 Å². The first-order valence-corrected chi connectivity index (χ1v) is 11.9. The maximum absolute atomic E-state index is 12.0. The van der Waals surface area contributed by atoms with Gasteiger partial charge >= 0.3 is 11.0 Å². The van der Waals surface area contributed by atoms with Crippen molar-refractivity contribution in [2.24, 2.45) is 0 Å². The number of nitrogens with zero attached hydrogens (tertiary/aromatic N) is 2. The summed E-state index contributed by atoms with van der Waals surface area (Å²) in [5, 5.41) is 7.33. The third-order valence-electron chi connectivity index (χ3n) is 5.66. The van der Waals surface area contributed by atoms with Crippen molar-refractivity contribution < 1.29 is 9.53 Å². The molecule has 1 atom stereocenters. The second-order valence-electron chi connectivity index (χ2n) is 7.95. The van der Waals surface area contributed by atoms with Crippen LogP contribution in [-0.4, -0.2) is 33.2 Å². The van der Waals surface area contributed by atoms with Gasteiger partial charge in [-0.05, 0) is 49.4 Å². The molecular weight excluding hydrogens is 434 g/mol. The summed E-state index contributed by atoms with van der Waals surface area (Å²) in [7, 11) is 0. The lowest BCUT2D eigenvalue weighted by atomic mass is 9.94. The van der Waals surface area contributed by atoms with Gasteiger partial charge in [0.05, 0.1) is 15.6 Å². The Bertz CT molecular complexity index is 1370. The zero-order valence-electron chi connectivity index (χ0n) is 16.4. The molecule has 3 N–H and O–H groups in total. The number of carbonyl (C=O) groups excluding carboxylic acids is 1. The Labute approximate surface area is 184 Å². The normalized spacial score (nSPS) is 18.1. The van der Waals surface area contributed by atoms with Gasteiger partial charge in [-0.15, -0.1) is 11.3 Å². The second-order valence-corrected chi connectivity index (χ2v) is 10.0. The third-order valence-corrected chi connectivity index (χ3v) is 7.66. The van der Waals surface area contributed by atoms with E-state index in [4.69, 9.17) is 4.74 Å². The van der Waals surface area contributed by atoms with E-state index >= 15 is 0 Å². The summed E-state index contributed by atoms with van der Waals surface area (Å²) in [6, 6.07) is 6.07. The van der Waals surface area contributed by atoms with Gasteiger partial charge in [0.1, 0.15) is 23.1 Å². The number of aryl methyl sites for hydroxylation is 1. The summed E-state index contributed by atoms with van der Waals surface area (Å²) < 4.78 is 6.54. The van der Waals surface area contributed by atoms with Gasteiger partial charge < -0.3 is 20.4 Å². The van der Waals surface area contributed by atoms with E-state index in [1.807, 2.05) is 18.2 Å². The number of anilines is 2. The number of fused-ring (bicyclic) bond motifs is 4. The topological polar surface area (TPSA) is 109 Å². The van der Waals surface area contributed by atoms with E-state index in [-0.39, 0.29) is 17.1 Å². The van der Waals surface area contributed by atoms with Crippen molar-refractivity contribution >= 4 is 60.7 Å². The Kier molecular flexibility index (Phi) is 4.43. The quantitative estimate of drug-likeness (QED) is 0.430. The van der Waals surface area contributed by atoms with Crippen molar-refractivity contribution in [1.29, 1.82) is 0 Å². The van der Waals surface area contributed by atoms with E-state index < -0.39 is 0 Å². The van der Waals surface area contributed by atoms with Crippen LogP contribution in [0.4, 0.5) is 16.3 Å². The molecule has 0 aliphatic heterocycles.